The van der Waals surface area contributed by atoms with Crippen LogP contribution in [-0.4, -0.2) is 46.4 Å². The average Bonchev–Trinajstić information content (AvgIpc) is 2.45. The van der Waals surface area contributed by atoms with Gasteiger partial charge in [0.2, 0.25) is 0 Å². The van der Waals surface area contributed by atoms with Crippen molar-refractivity contribution in [1.82, 2.24) is 9.88 Å². The van der Waals surface area contributed by atoms with E-state index < -0.39 is 0 Å². The Bertz CT molecular complexity index is 438. The Kier molecular flexibility index (Phi) is 5.07. The van der Waals surface area contributed by atoms with Crippen LogP contribution in [0.15, 0.2) is 18.2 Å². The molecule has 1 aromatic rings. The number of thioether (sulfide) groups is 1. The molecule has 1 aliphatic heterocycles. The molecule has 0 saturated carbocycles. The highest BCUT2D eigenvalue weighted by Gasteiger charge is 2.25. The number of amides is 1. The molecule has 1 fully saturated rings. The third-order valence-corrected chi connectivity index (χ3v) is 4.34. The Hall–Kier alpha value is -1.23. The second-order valence-corrected chi connectivity index (χ2v) is 5.91. The van der Waals surface area contributed by atoms with Crippen LogP contribution in [0.1, 0.15) is 30.8 Å². The zero-order valence-electron chi connectivity index (χ0n) is 11.6. The molecule has 2 rings (SSSR count). The number of anilines is 1. The van der Waals surface area contributed by atoms with Crippen LogP contribution in [0, 0.1) is 0 Å². The number of aromatic nitrogens is 1. The molecule has 0 radical (unpaired) electrons. The molecule has 0 bridgehead atoms. The minimum Gasteiger partial charge on any atom is -0.370 e. The van der Waals surface area contributed by atoms with Gasteiger partial charge in [-0.1, -0.05) is 13.0 Å². The molecule has 1 aliphatic rings. The first-order chi connectivity index (χ1) is 9.22. The van der Waals surface area contributed by atoms with Gasteiger partial charge < -0.3 is 10.2 Å². The Morgan fingerprint density at radius 3 is 3.16 bits per heavy atom. The van der Waals surface area contributed by atoms with Crippen molar-refractivity contribution < 1.29 is 4.79 Å². The van der Waals surface area contributed by atoms with Gasteiger partial charge in [-0.2, -0.15) is 11.8 Å². The minimum atomic E-state index is 0.0490. The predicted octanol–water partition coefficient (Wildman–Crippen LogP) is 2.48. The third-order valence-electron chi connectivity index (χ3n) is 3.15. The van der Waals surface area contributed by atoms with E-state index in [1.165, 1.54) is 0 Å². The maximum atomic E-state index is 12.5. The van der Waals surface area contributed by atoms with E-state index in [4.69, 9.17) is 0 Å². The molecule has 1 aromatic heterocycles. The van der Waals surface area contributed by atoms with E-state index in [1.54, 1.807) is 6.07 Å². The lowest BCUT2D eigenvalue weighted by atomic mass is 10.2. The molecule has 1 atom stereocenters. The van der Waals surface area contributed by atoms with Crippen LogP contribution in [0.4, 0.5) is 5.82 Å². The highest BCUT2D eigenvalue weighted by atomic mass is 32.2. The van der Waals surface area contributed by atoms with Gasteiger partial charge in [0, 0.05) is 30.6 Å². The van der Waals surface area contributed by atoms with Crippen LogP contribution in [0.5, 0.6) is 0 Å². The van der Waals surface area contributed by atoms with Gasteiger partial charge in [-0.3, -0.25) is 4.79 Å². The SMILES string of the molecule is CCCNc1cccc(C(=O)N2CCSCC2C)n1. The van der Waals surface area contributed by atoms with Crippen molar-refractivity contribution in [2.75, 3.05) is 29.9 Å². The number of carbonyl (C=O) groups excluding carboxylic acids is 1. The fourth-order valence-electron chi connectivity index (χ4n) is 2.08. The number of hydrogen-bond acceptors (Lipinski definition) is 4. The van der Waals surface area contributed by atoms with Crippen molar-refractivity contribution >= 4 is 23.5 Å². The summed E-state index contributed by atoms with van der Waals surface area (Å²) in [6.07, 6.45) is 1.04. The maximum absolute atomic E-state index is 12.5. The molecule has 1 saturated heterocycles. The molecule has 4 nitrogen and oxygen atoms in total. The summed E-state index contributed by atoms with van der Waals surface area (Å²) in [6, 6.07) is 5.89. The zero-order valence-corrected chi connectivity index (χ0v) is 12.4. The molecule has 104 valence electrons. The van der Waals surface area contributed by atoms with E-state index in [-0.39, 0.29) is 5.91 Å². The van der Waals surface area contributed by atoms with E-state index >= 15 is 0 Å². The smallest absolute Gasteiger partial charge is 0.272 e. The minimum absolute atomic E-state index is 0.0490. The number of rotatable bonds is 4. The standard InChI is InChI=1S/C14H21N3OS/c1-3-7-15-13-6-4-5-12(16-13)14(18)17-8-9-19-10-11(17)2/h4-6,11H,3,7-10H2,1-2H3,(H,15,16). The van der Waals surface area contributed by atoms with Crippen LogP contribution in [0.2, 0.25) is 0 Å². The molecule has 2 heterocycles. The quantitative estimate of drug-likeness (QED) is 0.919. The number of nitrogens with zero attached hydrogens (tertiary/aromatic N) is 2. The first kappa shape index (κ1) is 14.2. The highest BCUT2D eigenvalue weighted by molar-refractivity contribution is 7.99. The molecule has 5 heteroatoms. The summed E-state index contributed by atoms with van der Waals surface area (Å²) in [5.41, 5.74) is 0.542. The number of carbonyl (C=O) groups is 1. The number of hydrogen-bond donors (Lipinski definition) is 1. The van der Waals surface area contributed by atoms with Crippen molar-refractivity contribution in [3.63, 3.8) is 0 Å². The maximum Gasteiger partial charge on any atom is 0.272 e. The van der Waals surface area contributed by atoms with E-state index in [0.29, 0.717) is 11.7 Å². The summed E-state index contributed by atoms with van der Waals surface area (Å²) >= 11 is 1.91. The van der Waals surface area contributed by atoms with Gasteiger partial charge in [-0.15, -0.1) is 0 Å². The molecule has 1 unspecified atom stereocenters. The van der Waals surface area contributed by atoms with Crippen LogP contribution >= 0.6 is 11.8 Å². The van der Waals surface area contributed by atoms with Gasteiger partial charge in [0.1, 0.15) is 11.5 Å². The second-order valence-electron chi connectivity index (χ2n) is 4.76. The van der Waals surface area contributed by atoms with Crippen molar-refractivity contribution in [2.45, 2.75) is 26.3 Å². The summed E-state index contributed by atoms with van der Waals surface area (Å²) in [7, 11) is 0. The topological polar surface area (TPSA) is 45.2 Å². The van der Waals surface area contributed by atoms with Crippen LogP contribution < -0.4 is 5.32 Å². The number of nitrogens with one attached hydrogen (secondary N) is 1. The number of pyridine rings is 1. The van der Waals surface area contributed by atoms with Crippen molar-refractivity contribution in [1.29, 1.82) is 0 Å². The highest BCUT2D eigenvalue weighted by Crippen LogP contribution is 2.18. The van der Waals surface area contributed by atoms with Crippen molar-refractivity contribution in [2.24, 2.45) is 0 Å². The predicted molar refractivity (Wildman–Crippen MR) is 80.8 cm³/mol. The van der Waals surface area contributed by atoms with Gasteiger partial charge in [-0.25, -0.2) is 4.98 Å². The lowest BCUT2D eigenvalue weighted by Crippen LogP contribution is -2.44. The fourth-order valence-corrected chi connectivity index (χ4v) is 3.09. The third kappa shape index (κ3) is 3.62. The van der Waals surface area contributed by atoms with E-state index in [9.17, 15) is 4.79 Å². The van der Waals surface area contributed by atoms with Crippen molar-refractivity contribution in [3.05, 3.63) is 23.9 Å². The van der Waals surface area contributed by atoms with Crippen LogP contribution in [0.3, 0.4) is 0 Å². The molecular formula is C14H21N3OS. The van der Waals surface area contributed by atoms with Gasteiger partial charge in [0.25, 0.3) is 5.91 Å². The van der Waals surface area contributed by atoms with Crippen molar-refractivity contribution in [3.8, 4) is 0 Å². The van der Waals surface area contributed by atoms with Gasteiger partial charge >= 0.3 is 0 Å². The molecule has 0 aliphatic carbocycles. The lowest BCUT2D eigenvalue weighted by molar-refractivity contribution is 0.0710. The summed E-state index contributed by atoms with van der Waals surface area (Å²) in [5.74, 6) is 2.86. The Labute approximate surface area is 119 Å². The summed E-state index contributed by atoms with van der Waals surface area (Å²) < 4.78 is 0. The van der Waals surface area contributed by atoms with E-state index in [1.807, 2.05) is 28.8 Å². The van der Waals surface area contributed by atoms with E-state index in [2.05, 4.69) is 24.1 Å². The summed E-state index contributed by atoms with van der Waals surface area (Å²) in [5, 5.41) is 3.22. The van der Waals surface area contributed by atoms with Gasteiger partial charge in [-0.05, 0) is 25.5 Å². The van der Waals surface area contributed by atoms with Crippen LogP contribution in [-0.2, 0) is 0 Å². The van der Waals surface area contributed by atoms with Crippen LogP contribution in [0.25, 0.3) is 0 Å². The Morgan fingerprint density at radius 2 is 2.42 bits per heavy atom. The molecular weight excluding hydrogens is 258 g/mol. The average molecular weight is 279 g/mol. The second kappa shape index (κ2) is 6.80. The molecule has 1 amide bonds. The molecule has 19 heavy (non-hydrogen) atoms. The first-order valence-electron chi connectivity index (χ1n) is 6.82. The molecule has 1 N–H and O–H groups in total. The zero-order chi connectivity index (χ0) is 13.7. The Morgan fingerprint density at radius 1 is 1.58 bits per heavy atom. The van der Waals surface area contributed by atoms with E-state index in [0.717, 1.165) is 36.8 Å². The largest absolute Gasteiger partial charge is 0.370 e. The lowest BCUT2D eigenvalue weighted by Gasteiger charge is -2.32. The van der Waals surface area contributed by atoms with Gasteiger partial charge in [0.05, 0.1) is 0 Å². The first-order valence-corrected chi connectivity index (χ1v) is 7.97. The fraction of sp³-hybridized carbons (Fsp3) is 0.571. The summed E-state index contributed by atoms with van der Waals surface area (Å²) in [4.78, 5) is 18.8. The summed E-state index contributed by atoms with van der Waals surface area (Å²) in [6.45, 7) is 5.90. The molecule has 0 spiro atoms. The van der Waals surface area contributed by atoms with Gasteiger partial charge in [0.15, 0.2) is 0 Å². The normalized spacial score (nSPS) is 19.3. The Balaban J connectivity index is 2.09. The monoisotopic (exact) mass is 279 g/mol. The molecule has 0 aromatic carbocycles.